The summed E-state index contributed by atoms with van der Waals surface area (Å²) in [5, 5.41) is 9.93. The van der Waals surface area contributed by atoms with Gasteiger partial charge in [0.25, 0.3) is 10.1 Å². The van der Waals surface area contributed by atoms with Crippen LogP contribution in [0.2, 0.25) is 0 Å². The van der Waals surface area contributed by atoms with Crippen LogP contribution in [0.1, 0.15) is 51.0 Å². The van der Waals surface area contributed by atoms with Crippen LogP contribution in [-0.2, 0) is 14.3 Å². The summed E-state index contributed by atoms with van der Waals surface area (Å²) in [5.41, 5.74) is 0.717. The average Bonchev–Trinajstić information content (AvgIpc) is 2.39. The first-order valence-electron chi connectivity index (χ1n) is 7.92. The fourth-order valence-corrected chi connectivity index (χ4v) is 5.29. The maximum absolute atomic E-state index is 12.3. The molecule has 3 rings (SSSR count). The first-order chi connectivity index (χ1) is 10.2. The highest BCUT2D eigenvalue weighted by molar-refractivity contribution is 7.86. The van der Waals surface area contributed by atoms with Gasteiger partial charge in [-0.25, -0.2) is 0 Å². The Morgan fingerprint density at radius 3 is 2.18 bits per heavy atom. The lowest BCUT2D eigenvalue weighted by atomic mass is 9.54. The SMILES string of the molecule is Cc1ccc(S(=O)(=O)OC2CCC3(CC2)CC(C)(O)C3)cc1. The second-order valence-electron chi connectivity index (χ2n) is 7.41. The molecular weight excluding hydrogens is 300 g/mol. The summed E-state index contributed by atoms with van der Waals surface area (Å²) in [7, 11) is -3.67. The molecule has 0 unspecified atom stereocenters. The van der Waals surface area contributed by atoms with E-state index in [1.807, 2.05) is 13.8 Å². The van der Waals surface area contributed by atoms with Crippen LogP contribution in [-0.4, -0.2) is 25.2 Å². The van der Waals surface area contributed by atoms with Gasteiger partial charge in [0.15, 0.2) is 0 Å². The van der Waals surface area contributed by atoms with E-state index in [-0.39, 0.29) is 16.4 Å². The average molecular weight is 324 g/mol. The van der Waals surface area contributed by atoms with Crippen molar-refractivity contribution < 1.29 is 17.7 Å². The van der Waals surface area contributed by atoms with Crippen molar-refractivity contribution in [1.29, 1.82) is 0 Å². The summed E-state index contributed by atoms with van der Waals surface area (Å²) in [4.78, 5) is 0.227. The highest BCUT2D eigenvalue weighted by atomic mass is 32.2. The molecule has 0 atom stereocenters. The minimum absolute atomic E-state index is 0.219. The van der Waals surface area contributed by atoms with E-state index in [2.05, 4.69) is 0 Å². The van der Waals surface area contributed by atoms with Crippen LogP contribution in [0.5, 0.6) is 0 Å². The van der Waals surface area contributed by atoms with Gasteiger partial charge in [0.05, 0.1) is 16.6 Å². The third-order valence-electron chi connectivity index (χ3n) is 5.08. The molecule has 0 aromatic heterocycles. The zero-order chi connectivity index (χ0) is 16.0. The minimum atomic E-state index is -3.67. The van der Waals surface area contributed by atoms with Gasteiger partial charge in [-0.15, -0.1) is 0 Å². The molecule has 22 heavy (non-hydrogen) atoms. The van der Waals surface area contributed by atoms with E-state index in [9.17, 15) is 13.5 Å². The topological polar surface area (TPSA) is 63.6 Å². The molecular formula is C17H24O4S. The van der Waals surface area contributed by atoms with Crippen LogP contribution in [0.25, 0.3) is 0 Å². The molecule has 2 aliphatic rings. The van der Waals surface area contributed by atoms with Gasteiger partial charge in [-0.1, -0.05) is 17.7 Å². The highest BCUT2D eigenvalue weighted by Gasteiger charge is 2.52. The van der Waals surface area contributed by atoms with Gasteiger partial charge >= 0.3 is 0 Å². The molecule has 0 amide bonds. The van der Waals surface area contributed by atoms with Gasteiger partial charge in [0, 0.05) is 0 Å². The Kier molecular flexibility index (Phi) is 3.86. The Bertz CT molecular complexity index is 628. The lowest BCUT2D eigenvalue weighted by Crippen LogP contribution is -2.52. The Labute approximate surface area is 132 Å². The van der Waals surface area contributed by atoms with Crippen molar-refractivity contribution in [2.24, 2.45) is 5.41 Å². The number of rotatable bonds is 3. The van der Waals surface area contributed by atoms with E-state index in [0.717, 1.165) is 44.1 Å². The third kappa shape index (κ3) is 3.21. The van der Waals surface area contributed by atoms with Gasteiger partial charge in [0.2, 0.25) is 0 Å². The predicted octanol–water partition coefficient (Wildman–Crippen LogP) is 3.17. The summed E-state index contributed by atoms with van der Waals surface area (Å²) >= 11 is 0. The standard InChI is InChI=1S/C17H24O4S/c1-13-3-5-15(6-4-13)22(19,20)21-14-7-9-17(10-8-14)11-16(2,18)12-17/h3-6,14,18H,7-12H2,1-2H3. The lowest BCUT2D eigenvalue weighted by Gasteiger charge is -2.54. The molecule has 0 bridgehead atoms. The van der Waals surface area contributed by atoms with Crippen LogP contribution in [0.15, 0.2) is 29.2 Å². The smallest absolute Gasteiger partial charge is 0.297 e. The van der Waals surface area contributed by atoms with E-state index >= 15 is 0 Å². The van der Waals surface area contributed by atoms with E-state index in [0.29, 0.717) is 0 Å². The Morgan fingerprint density at radius 1 is 1.14 bits per heavy atom. The van der Waals surface area contributed by atoms with Crippen LogP contribution >= 0.6 is 0 Å². The summed E-state index contributed by atoms with van der Waals surface area (Å²) in [6, 6.07) is 6.75. The van der Waals surface area contributed by atoms with Gasteiger partial charge in [-0.2, -0.15) is 8.42 Å². The molecule has 2 fully saturated rings. The first kappa shape index (κ1) is 16.0. The highest BCUT2D eigenvalue weighted by Crippen LogP contribution is 2.56. The number of aliphatic hydroxyl groups is 1. The summed E-state index contributed by atoms with van der Waals surface area (Å²) in [6.45, 7) is 3.80. The van der Waals surface area contributed by atoms with Crippen LogP contribution in [0, 0.1) is 12.3 Å². The molecule has 0 heterocycles. The van der Waals surface area contributed by atoms with Gasteiger partial charge in [-0.05, 0) is 69.9 Å². The van der Waals surface area contributed by atoms with Crippen molar-refractivity contribution in [2.45, 2.75) is 69.0 Å². The predicted molar refractivity (Wildman–Crippen MR) is 84.0 cm³/mol. The maximum atomic E-state index is 12.3. The van der Waals surface area contributed by atoms with Crippen molar-refractivity contribution in [1.82, 2.24) is 0 Å². The number of hydrogen-bond acceptors (Lipinski definition) is 4. The first-order valence-corrected chi connectivity index (χ1v) is 9.33. The third-order valence-corrected chi connectivity index (χ3v) is 6.45. The van der Waals surface area contributed by atoms with Crippen molar-refractivity contribution in [3.05, 3.63) is 29.8 Å². The van der Waals surface area contributed by atoms with Crippen molar-refractivity contribution in [2.75, 3.05) is 0 Å². The molecule has 1 aromatic rings. The molecule has 5 heteroatoms. The molecule has 4 nitrogen and oxygen atoms in total. The molecule has 1 spiro atoms. The van der Waals surface area contributed by atoms with Crippen molar-refractivity contribution >= 4 is 10.1 Å². The van der Waals surface area contributed by atoms with E-state index < -0.39 is 15.7 Å². The summed E-state index contributed by atoms with van der Waals surface area (Å²) in [6.07, 6.45) is 4.81. The van der Waals surface area contributed by atoms with E-state index in [1.54, 1.807) is 24.3 Å². The number of aryl methyl sites for hydroxylation is 1. The summed E-state index contributed by atoms with van der Waals surface area (Å²) in [5.74, 6) is 0. The maximum Gasteiger partial charge on any atom is 0.297 e. The quantitative estimate of drug-likeness (QED) is 0.867. The fourth-order valence-electron chi connectivity index (χ4n) is 4.16. The summed E-state index contributed by atoms with van der Waals surface area (Å²) < 4.78 is 30.0. The van der Waals surface area contributed by atoms with E-state index in [4.69, 9.17) is 4.18 Å². The lowest BCUT2D eigenvalue weighted by molar-refractivity contribution is -0.137. The molecule has 2 saturated carbocycles. The number of benzene rings is 1. The van der Waals surface area contributed by atoms with Crippen LogP contribution in [0.4, 0.5) is 0 Å². The number of hydrogen-bond donors (Lipinski definition) is 1. The molecule has 1 N–H and O–H groups in total. The van der Waals surface area contributed by atoms with Crippen molar-refractivity contribution in [3.8, 4) is 0 Å². The molecule has 1 aromatic carbocycles. The van der Waals surface area contributed by atoms with Gasteiger partial charge < -0.3 is 5.11 Å². The minimum Gasteiger partial charge on any atom is -0.390 e. The van der Waals surface area contributed by atoms with Crippen LogP contribution in [0.3, 0.4) is 0 Å². The largest absolute Gasteiger partial charge is 0.390 e. The second kappa shape index (κ2) is 5.32. The second-order valence-corrected chi connectivity index (χ2v) is 8.99. The molecule has 0 saturated heterocycles. The van der Waals surface area contributed by atoms with Crippen molar-refractivity contribution in [3.63, 3.8) is 0 Å². The van der Waals surface area contributed by atoms with Crippen LogP contribution < -0.4 is 0 Å². The normalized spacial score (nSPS) is 35.3. The Hall–Kier alpha value is -0.910. The Balaban J connectivity index is 1.60. The molecule has 2 aliphatic carbocycles. The Morgan fingerprint density at radius 2 is 1.68 bits per heavy atom. The zero-order valence-corrected chi connectivity index (χ0v) is 14.0. The van der Waals surface area contributed by atoms with Gasteiger partial charge in [0.1, 0.15) is 0 Å². The van der Waals surface area contributed by atoms with Gasteiger partial charge in [-0.3, -0.25) is 4.18 Å². The molecule has 0 radical (unpaired) electrons. The zero-order valence-electron chi connectivity index (χ0n) is 13.2. The monoisotopic (exact) mass is 324 g/mol. The molecule has 122 valence electrons. The fraction of sp³-hybridized carbons (Fsp3) is 0.647. The molecule has 0 aliphatic heterocycles. The van der Waals surface area contributed by atoms with E-state index in [1.165, 1.54) is 0 Å².